The van der Waals surface area contributed by atoms with Gasteiger partial charge in [-0.05, 0) is 58.2 Å². The number of carbonyl (C=O) groups excluding carboxylic acids is 1. The van der Waals surface area contributed by atoms with E-state index in [1.165, 1.54) is 0 Å². The van der Waals surface area contributed by atoms with Gasteiger partial charge in [0, 0.05) is 10.5 Å². The van der Waals surface area contributed by atoms with Gasteiger partial charge in [0.2, 0.25) is 0 Å². The Hall–Kier alpha value is -1.82. The fourth-order valence-corrected chi connectivity index (χ4v) is 3.42. The first kappa shape index (κ1) is 18.0. The summed E-state index contributed by atoms with van der Waals surface area (Å²) < 4.78 is 6.63. The van der Waals surface area contributed by atoms with E-state index in [9.17, 15) is 4.79 Å². The Balaban J connectivity index is 1.83. The Morgan fingerprint density at radius 1 is 1.28 bits per heavy atom. The molecule has 2 heterocycles. The third kappa shape index (κ3) is 4.06. The predicted molar refractivity (Wildman–Crippen MR) is 101 cm³/mol. The first-order chi connectivity index (χ1) is 11.7. The molecule has 1 fully saturated rings. The first-order valence-corrected chi connectivity index (χ1v) is 9.36. The van der Waals surface area contributed by atoms with E-state index in [0.29, 0.717) is 0 Å². The van der Waals surface area contributed by atoms with E-state index in [0.717, 1.165) is 34.4 Å². The summed E-state index contributed by atoms with van der Waals surface area (Å²) in [6, 6.07) is 8.13. The Morgan fingerprint density at radius 3 is 2.60 bits per heavy atom. The third-order valence-electron chi connectivity index (χ3n) is 4.34. The van der Waals surface area contributed by atoms with Crippen LogP contribution in [0.15, 0.2) is 34.9 Å². The molecule has 1 aromatic carbocycles. The highest BCUT2D eigenvalue weighted by molar-refractivity contribution is 9.10. The van der Waals surface area contributed by atoms with Gasteiger partial charge in [-0.2, -0.15) is 0 Å². The average Bonchev–Trinajstić information content (AvgIpc) is 3.12. The van der Waals surface area contributed by atoms with Gasteiger partial charge in [-0.3, -0.25) is 4.90 Å². The summed E-state index contributed by atoms with van der Waals surface area (Å²) in [5.41, 5.74) is 1.51. The van der Waals surface area contributed by atoms with E-state index in [1.54, 1.807) is 0 Å². The summed E-state index contributed by atoms with van der Waals surface area (Å²) in [6.07, 6.45) is 3.38. The molecule has 1 amide bonds. The zero-order chi connectivity index (χ0) is 18.2. The molecule has 1 aromatic heterocycles. The van der Waals surface area contributed by atoms with E-state index in [2.05, 4.69) is 32.8 Å². The number of rotatable bonds is 2. The standard InChI is InChI=1S/C19H24BrN3O2/c1-12-5-10-16(23(12)18(24)25-19(2,3)4)17-21-11-15(22-17)13-6-8-14(20)9-7-13/h6-9,11-12,16H,5,10H2,1-4H3,(H,21,22)/t12-,16?/m1/s1. The quantitative estimate of drug-likeness (QED) is 0.736. The van der Waals surface area contributed by atoms with Crippen LogP contribution in [0.5, 0.6) is 0 Å². The Labute approximate surface area is 156 Å². The number of H-pyrrole nitrogens is 1. The highest BCUT2D eigenvalue weighted by Gasteiger charge is 2.39. The highest BCUT2D eigenvalue weighted by Crippen LogP contribution is 2.36. The molecule has 2 aromatic rings. The second kappa shape index (κ2) is 6.83. The van der Waals surface area contributed by atoms with Crippen molar-refractivity contribution in [2.45, 2.75) is 58.2 Å². The Morgan fingerprint density at radius 2 is 1.96 bits per heavy atom. The Kier molecular flexibility index (Phi) is 4.91. The molecule has 5 nitrogen and oxygen atoms in total. The van der Waals surface area contributed by atoms with Crippen molar-refractivity contribution in [3.05, 3.63) is 40.8 Å². The molecular weight excluding hydrogens is 382 g/mol. The minimum Gasteiger partial charge on any atom is -0.444 e. The number of likely N-dealkylation sites (tertiary alicyclic amines) is 1. The van der Waals surface area contributed by atoms with Gasteiger partial charge in [-0.15, -0.1) is 0 Å². The van der Waals surface area contributed by atoms with E-state index in [4.69, 9.17) is 4.74 Å². The molecule has 0 saturated carbocycles. The van der Waals surface area contributed by atoms with Gasteiger partial charge in [0.05, 0.1) is 17.9 Å². The second-order valence-electron chi connectivity index (χ2n) is 7.52. The molecule has 2 atom stereocenters. The zero-order valence-electron chi connectivity index (χ0n) is 15.0. The van der Waals surface area contributed by atoms with E-state index >= 15 is 0 Å². The van der Waals surface area contributed by atoms with Gasteiger partial charge in [0.15, 0.2) is 0 Å². The van der Waals surface area contributed by atoms with Crippen LogP contribution >= 0.6 is 15.9 Å². The number of halogens is 1. The molecule has 1 aliphatic heterocycles. The van der Waals surface area contributed by atoms with Crippen molar-refractivity contribution in [1.82, 2.24) is 14.9 Å². The van der Waals surface area contributed by atoms with Crippen LogP contribution in [0.3, 0.4) is 0 Å². The smallest absolute Gasteiger partial charge is 0.411 e. The Bertz CT molecular complexity index is 749. The van der Waals surface area contributed by atoms with Crippen LogP contribution in [0.25, 0.3) is 11.3 Å². The maximum absolute atomic E-state index is 12.6. The van der Waals surface area contributed by atoms with Crippen molar-refractivity contribution in [2.24, 2.45) is 0 Å². The number of carbonyl (C=O) groups is 1. The lowest BCUT2D eigenvalue weighted by Crippen LogP contribution is -2.40. The minimum atomic E-state index is -0.504. The van der Waals surface area contributed by atoms with Gasteiger partial charge in [-0.1, -0.05) is 28.1 Å². The lowest BCUT2D eigenvalue weighted by Gasteiger charge is -2.30. The number of nitrogens with one attached hydrogen (secondary N) is 1. The normalized spacial score (nSPS) is 20.8. The number of hydrogen-bond donors (Lipinski definition) is 1. The summed E-state index contributed by atoms with van der Waals surface area (Å²) in [6.45, 7) is 7.72. The molecule has 0 spiro atoms. The summed E-state index contributed by atoms with van der Waals surface area (Å²) in [7, 11) is 0. The molecule has 0 bridgehead atoms. The number of hydrogen-bond acceptors (Lipinski definition) is 3. The number of benzene rings is 1. The molecule has 134 valence electrons. The molecule has 6 heteroatoms. The number of imidazole rings is 1. The number of amides is 1. The molecule has 1 aliphatic rings. The van der Waals surface area contributed by atoms with E-state index in [-0.39, 0.29) is 18.2 Å². The monoisotopic (exact) mass is 405 g/mol. The van der Waals surface area contributed by atoms with Crippen molar-refractivity contribution in [1.29, 1.82) is 0 Å². The second-order valence-corrected chi connectivity index (χ2v) is 8.43. The number of ether oxygens (including phenoxy) is 1. The molecule has 3 rings (SSSR count). The average molecular weight is 406 g/mol. The van der Waals surface area contributed by atoms with Crippen LogP contribution in [-0.4, -0.2) is 32.6 Å². The SMILES string of the molecule is C[C@@H]1CCC(c2ncc(-c3ccc(Br)cc3)[nH]2)N1C(=O)OC(C)(C)C. The topological polar surface area (TPSA) is 58.2 Å². The van der Waals surface area contributed by atoms with Gasteiger partial charge in [0.1, 0.15) is 11.4 Å². The van der Waals surface area contributed by atoms with Crippen molar-refractivity contribution < 1.29 is 9.53 Å². The van der Waals surface area contributed by atoms with Gasteiger partial charge < -0.3 is 9.72 Å². The van der Waals surface area contributed by atoms with Gasteiger partial charge >= 0.3 is 6.09 Å². The first-order valence-electron chi connectivity index (χ1n) is 8.57. The summed E-state index contributed by atoms with van der Waals surface area (Å²) in [4.78, 5) is 22.4. The van der Waals surface area contributed by atoms with Gasteiger partial charge in [-0.25, -0.2) is 9.78 Å². The lowest BCUT2D eigenvalue weighted by atomic mass is 10.2. The van der Waals surface area contributed by atoms with Crippen molar-refractivity contribution >= 4 is 22.0 Å². The summed E-state index contributed by atoms with van der Waals surface area (Å²) in [5.74, 6) is 0.813. The van der Waals surface area contributed by atoms with Gasteiger partial charge in [0.25, 0.3) is 0 Å². The molecule has 0 aliphatic carbocycles. The van der Waals surface area contributed by atoms with Crippen LogP contribution in [0, 0.1) is 0 Å². The number of aromatic nitrogens is 2. The fourth-order valence-electron chi connectivity index (χ4n) is 3.16. The maximum atomic E-state index is 12.6. The van der Waals surface area contributed by atoms with Crippen LogP contribution < -0.4 is 0 Å². The number of nitrogens with zero attached hydrogens (tertiary/aromatic N) is 2. The third-order valence-corrected chi connectivity index (χ3v) is 4.87. The minimum absolute atomic E-state index is 0.0750. The largest absolute Gasteiger partial charge is 0.444 e. The lowest BCUT2D eigenvalue weighted by molar-refractivity contribution is 0.0152. The maximum Gasteiger partial charge on any atom is 0.411 e. The summed E-state index contributed by atoms with van der Waals surface area (Å²) >= 11 is 3.45. The van der Waals surface area contributed by atoms with E-state index in [1.807, 2.05) is 56.1 Å². The molecule has 1 unspecified atom stereocenters. The molecule has 1 N–H and O–H groups in total. The van der Waals surface area contributed by atoms with Crippen molar-refractivity contribution in [3.8, 4) is 11.3 Å². The molecule has 1 saturated heterocycles. The van der Waals surface area contributed by atoms with E-state index < -0.39 is 5.60 Å². The highest BCUT2D eigenvalue weighted by atomic mass is 79.9. The van der Waals surface area contributed by atoms with Crippen molar-refractivity contribution in [3.63, 3.8) is 0 Å². The summed E-state index contributed by atoms with van der Waals surface area (Å²) in [5, 5.41) is 0. The van der Waals surface area contributed by atoms with Crippen LogP contribution in [0.4, 0.5) is 4.79 Å². The van der Waals surface area contributed by atoms with Crippen LogP contribution in [0.1, 0.15) is 52.4 Å². The zero-order valence-corrected chi connectivity index (χ0v) is 16.6. The predicted octanol–water partition coefficient (Wildman–Crippen LogP) is 5.30. The van der Waals surface area contributed by atoms with Crippen molar-refractivity contribution in [2.75, 3.05) is 0 Å². The van der Waals surface area contributed by atoms with Crippen LogP contribution in [0.2, 0.25) is 0 Å². The number of aromatic amines is 1. The molecule has 0 radical (unpaired) electrons. The fraction of sp³-hybridized carbons (Fsp3) is 0.474. The molecule has 25 heavy (non-hydrogen) atoms. The molecular formula is C19H24BrN3O2. The van der Waals surface area contributed by atoms with Crippen LogP contribution in [-0.2, 0) is 4.74 Å².